The predicted octanol–water partition coefficient (Wildman–Crippen LogP) is 2.38. The van der Waals surface area contributed by atoms with E-state index in [-0.39, 0.29) is 9.13 Å². The molecule has 1 aromatic heterocycles. The van der Waals surface area contributed by atoms with Crippen molar-refractivity contribution in [3.8, 4) is 11.6 Å². The molecule has 1 rings (SSSR count). The lowest BCUT2D eigenvalue weighted by atomic mass is 10.2. The normalized spacial score (nSPS) is 11.0. The summed E-state index contributed by atoms with van der Waals surface area (Å²) in [6.07, 6.45) is -3.88. The SMILES string of the molecule is COC(=O)c1c(I)cnc(OC(F)(F)F)c1OC. The lowest BCUT2D eigenvalue weighted by molar-refractivity contribution is -0.276. The van der Waals surface area contributed by atoms with E-state index in [0.29, 0.717) is 0 Å². The summed E-state index contributed by atoms with van der Waals surface area (Å²) in [7, 11) is 2.20. The van der Waals surface area contributed by atoms with Crippen molar-refractivity contribution in [1.29, 1.82) is 0 Å². The van der Waals surface area contributed by atoms with Gasteiger partial charge in [-0.1, -0.05) is 0 Å². The molecule has 0 atom stereocenters. The van der Waals surface area contributed by atoms with Gasteiger partial charge in [0.1, 0.15) is 5.56 Å². The fraction of sp³-hybridized carbons (Fsp3) is 0.333. The van der Waals surface area contributed by atoms with Crippen molar-refractivity contribution >= 4 is 28.6 Å². The number of aromatic nitrogens is 1. The van der Waals surface area contributed by atoms with Crippen LogP contribution in [0, 0.1) is 3.57 Å². The quantitative estimate of drug-likeness (QED) is 0.598. The van der Waals surface area contributed by atoms with Crippen LogP contribution in [0.15, 0.2) is 6.20 Å². The van der Waals surface area contributed by atoms with Gasteiger partial charge in [-0.25, -0.2) is 9.78 Å². The molecule has 0 N–H and O–H groups in total. The summed E-state index contributed by atoms with van der Waals surface area (Å²) >= 11 is 1.72. The summed E-state index contributed by atoms with van der Waals surface area (Å²) in [6, 6.07) is 0. The van der Waals surface area contributed by atoms with Gasteiger partial charge in [0.15, 0.2) is 5.75 Å². The van der Waals surface area contributed by atoms with Crippen LogP contribution < -0.4 is 9.47 Å². The lowest BCUT2D eigenvalue weighted by Crippen LogP contribution is -2.19. The van der Waals surface area contributed by atoms with Crippen molar-refractivity contribution in [2.75, 3.05) is 14.2 Å². The first-order valence-corrected chi connectivity index (χ1v) is 5.44. The molecule has 100 valence electrons. The van der Waals surface area contributed by atoms with Crippen LogP contribution in [0.4, 0.5) is 13.2 Å². The van der Waals surface area contributed by atoms with Gasteiger partial charge in [0, 0.05) is 9.77 Å². The maximum absolute atomic E-state index is 12.1. The Balaban J connectivity index is 3.34. The van der Waals surface area contributed by atoms with Crippen molar-refractivity contribution in [3.63, 3.8) is 0 Å². The van der Waals surface area contributed by atoms with Crippen LogP contribution in [0.2, 0.25) is 0 Å². The first-order valence-electron chi connectivity index (χ1n) is 4.36. The van der Waals surface area contributed by atoms with E-state index in [4.69, 9.17) is 4.74 Å². The summed E-state index contributed by atoms with van der Waals surface area (Å²) < 4.78 is 49.6. The Morgan fingerprint density at radius 2 is 2.00 bits per heavy atom. The smallest absolute Gasteiger partial charge is 0.491 e. The van der Waals surface area contributed by atoms with Gasteiger partial charge in [-0.05, 0) is 22.6 Å². The Morgan fingerprint density at radius 3 is 2.44 bits per heavy atom. The Hall–Kier alpha value is -1.26. The molecule has 5 nitrogen and oxygen atoms in total. The van der Waals surface area contributed by atoms with Crippen molar-refractivity contribution in [2.24, 2.45) is 0 Å². The molecule has 0 saturated carbocycles. The maximum atomic E-state index is 12.1. The highest BCUT2D eigenvalue weighted by atomic mass is 127. The minimum atomic E-state index is -4.93. The second-order valence-electron chi connectivity index (χ2n) is 2.86. The van der Waals surface area contributed by atoms with E-state index < -0.39 is 24.0 Å². The lowest BCUT2D eigenvalue weighted by Gasteiger charge is -2.14. The number of esters is 1. The van der Waals surface area contributed by atoms with Gasteiger partial charge in [-0.3, -0.25) is 0 Å². The summed E-state index contributed by atoms with van der Waals surface area (Å²) in [6.45, 7) is 0. The molecule has 0 saturated heterocycles. The van der Waals surface area contributed by atoms with E-state index >= 15 is 0 Å². The molecule has 18 heavy (non-hydrogen) atoms. The fourth-order valence-electron chi connectivity index (χ4n) is 1.12. The van der Waals surface area contributed by atoms with Crippen molar-refractivity contribution < 1.29 is 32.2 Å². The molecule has 0 unspecified atom stereocenters. The molecular weight excluding hydrogens is 370 g/mol. The number of carbonyl (C=O) groups excluding carboxylic acids is 1. The van der Waals surface area contributed by atoms with Gasteiger partial charge in [0.05, 0.1) is 14.2 Å². The highest BCUT2D eigenvalue weighted by Gasteiger charge is 2.35. The number of halogens is 4. The Kier molecular flexibility index (Phi) is 4.59. The number of nitrogens with zero attached hydrogens (tertiary/aromatic N) is 1. The van der Waals surface area contributed by atoms with E-state index in [9.17, 15) is 18.0 Å². The molecule has 0 aliphatic carbocycles. The minimum absolute atomic E-state index is 0.171. The molecule has 0 spiro atoms. The highest BCUT2D eigenvalue weighted by Crippen LogP contribution is 2.35. The third-order valence-corrected chi connectivity index (χ3v) is 2.58. The molecule has 0 amide bonds. The molecule has 1 heterocycles. The number of pyridine rings is 1. The molecule has 0 radical (unpaired) electrons. The summed E-state index contributed by atoms with van der Waals surface area (Å²) in [4.78, 5) is 14.9. The van der Waals surface area contributed by atoms with Crippen LogP contribution in [0.3, 0.4) is 0 Å². The van der Waals surface area contributed by atoms with E-state index in [1.807, 2.05) is 0 Å². The van der Waals surface area contributed by atoms with Gasteiger partial charge in [-0.2, -0.15) is 0 Å². The number of rotatable bonds is 3. The topological polar surface area (TPSA) is 57.7 Å². The molecule has 0 aliphatic rings. The molecule has 0 fully saturated rings. The average molecular weight is 377 g/mol. The minimum Gasteiger partial charge on any atom is -0.491 e. The maximum Gasteiger partial charge on any atom is 0.574 e. The van der Waals surface area contributed by atoms with Crippen LogP contribution in [-0.2, 0) is 4.74 Å². The third kappa shape index (κ3) is 3.37. The zero-order chi connectivity index (χ0) is 13.9. The van der Waals surface area contributed by atoms with Crippen LogP contribution in [0.5, 0.6) is 11.6 Å². The number of hydrogen-bond donors (Lipinski definition) is 0. The van der Waals surface area contributed by atoms with Crippen molar-refractivity contribution in [3.05, 3.63) is 15.3 Å². The van der Waals surface area contributed by atoms with Gasteiger partial charge in [-0.15, -0.1) is 13.2 Å². The van der Waals surface area contributed by atoms with E-state index in [2.05, 4.69) is 14.5 Å². The summed E-state index contributed by atoms with van der Waals surface area (Å²) in [5, 5.41) is 0. The molecule has 1 aromatic rings. The van der Waals surface area contributed by atoms with E-state index in [1.165, 1.54) is 0 Å². The number of ether oxygens (including phenoxy) is 3. The van der Waals surface area contributed by atoms with Crippen LogP contribution in [0.1, 0.15) is 10.4 Å². The second kappa shape index (κ2) is 5.59. The monoisotopic (exact) mass is 377 g/mol. The predicted molar refractivity (Wildman–Crippen MR) is 61.5 cm³/mol. The molecule has 0 aliphatic heterocycles. The number of alkyl halides is 3. The van der Waals surface area contributed by atoms with Gasteiger partial charge >= 0.3 is 12.3 Å². The first-order chi connectivity index (χ1) is 8.30. The molecular formula is C9H7F3INO4. The largest absolute Gasteiger partial charge is 0.574 e. The van der Waals surface area contributed by atoms with E-state index in [0.717, 1.165) is 20.4 Å². The number of carbonyl (C=O) groups is 1. The van der Waals surface area contributed by atoms with Crippen LogP contribution in [-0.4, -0.2) is 31.5 Å². The molecule has 9 heteroatoms. The standard InChI is InChI=1S/C9H7F3INO4/c1-16-6-5(8(15)17-2)4(13)3-14-7(6)18-9(10,11)12/h3H,1-2H3. The third-order valence-electron chi connectivity index (χ3n) is 1.76. The zero-order valence-corrected chi connectivity index (χ0v) is 11.3. The second-order valence-corrected chi connectivity index (χ2v) is 4.02. The van der Waals surface area contributed by atoms with E-state index in [1.54, 1.807) is 22.6 Å². The highest BCUT2D eigenvalue weighted by molar-refractivity contribution is 14.1. The Bertz CT molecular complexity index is 464. The fourth-order valence-corrected chi connectivity index (χ4v) is 1.72. The van der Waals surface area contributed by atoms with Crippen LogP contribution in [0.25, 0.3) is 0 Å². The van der Waals surface area contributed by atoms with Gasteiger partial charge in [0.2, 0.25) is 0 Å². The number of hydrogen-bond acceptors (Lipinski definition) is 5. The Labute approximate surface area is 113 Å². The van der Waals surface area contributed by atoms with Crippen LogP contribution >= 0.6 is 22.6 Å². The zero-order valence-electron chi connectivity index (χ0n) is 9.17. The number of methoxy groups -OCH3 is 2. The van der Waals surface area contributed by atoms with Crippen molar-refractivity contribution in [1.82, 2.24) is 4.98 Å². The van der Waals surface area contributed by atoms with Gasteiger partial charge in [0.25, 0.3) is 5.88 Å². The Morgan fingerprint density at radius 1 is 1.39 bits per heavy atom. The van der Waals surface area contributed by atoms with Gasteiger partial charge < -0.3 is 14.2 Å². The molecule has 0 aromatic carbocycles. The molecule has 0 bridgehead atoms. The average Bonchev–Trinajstić information content (AvgIpc) is 2.28. The van der Waals surface area contributed by atoms with Crippen molar-refractivity contribution in [2.45, 2.75) is 6.36 Å². The first kappa shape index (κ1) is 14.8. The summed E-state index contributed by atoms with van der Waals surface area (Å²) in [5.74, 6) is -2.11. The summed E-state index contributed by atoms with van der Waals surface area (Å²) in [5.41, 5.74) is -0.171.